The molecule has 4 heteroatoms. The number of hydrogen-bond acceptors (Lipinski definition) is 3. The molecule has 0 aromatic carbocycles. The van der Waals surface area contributed by atoms with Crippen LogP contribution in [0.3, 0.4) is 0 Å². The van der Waals surface area contributed by atoms with Crippen LogP contribution in [0.4, 0.5) is 0 Å². The van der Waals surface area contributed by atoms with Crippen molar-refractivity contribution in [2.75, 3.05) is 6.54 Å². The summed E-state index contributed by atoms with van der Waals surface area (Å²) in [6.07, 6.45) is 7.43. The molecule has 1 saturated carbocycles. The number of rotatable bonds is 4. The summed E-state index contributed by atoms with van der Waals surface area (Å²) in [6.45, 7) is 5.73. The molecule has 0 saturated heterocycles. The predicted molar refractivity (Wildman–Crippen MR) is 72.0 cm³/mol. The lowest BCUT2D eigenvalue weighted by Gasteiger charge is -2.42. The SMILES string of the molecule is CCn1cncc1C(O)C1(CN)CCC(C)CC1. The second-order valence-corrected chi connectivity index (χ2v) is 5.76. The van der Waals surface area contributed by atoms with Crippen LogP contribution in [0.1, 0.15) is 51.3 Å². The van der Waals surface area contributed by atoms with Crippen LogP contribution in [0.25, 0.3) is 0 Å². The monoisotopic (exact) mass is 251 g/mol. The van der Waals surface area contributed by atoms with Crippen LogP contribution in [-0.2, 0) is 6.54 Å². The van der Waals surface area contributed by atoms with Crippen LogP contribution in [0.2, 0.25) is 0 Å². The topological polar surface area (TPSA) is 64.1 Å². The number of aromatic nitrogens is 2. The minimum absolute atomic E-state index is 0.153. The number of nitrogens with two attached hydrogens (primary N) is 1. The third-order valence-electron chi connectivity index (χ3n) is 4.62. The van der Waals surface area contributed by atoms with E-state index in [4.69, 9.17) is 5.73 Å². The highest BCUT2D eigenvalue weighted by Gasteiger charge is 2.41. The van der Waals surface area contributed by atoms with Gasteiger partial charge in [-0.15, -0.1) is 0 Å². The maximum Gasteiger partial charge on any atom is 0.102 e. The zero-order valence-electron chi connectivity index (χ0n) is 11.5. The van der Waals surface area contributed by atoms with Crippen molar-refractivity contribution in [2.45, 2.75) is 52.2 Å². The normalized spacial score (nSPS) is 30.3. The molecule has 0 aliphatic heterocycles. The van der Waals surface area contributed by atoms with E-state index >= 15 is 0 Å². The van der Waals surface area contributed by atoms with Gasteiger partial charge in [-0.05, 0) is 25.7 Å². The summed E-state index contributed by atoms with van der Waals surface area (Å²) in [6, 6.07) is 0. The average molecular weight is 251 g/mol. The Labute approximate surface area is 109 Å². The fraction of sp³-hybridized carbons (Fsp3) is 0.786. The van der Waals surface area contributed by atoms with Gasteiger partial charge in [0.25, 0.3) is 0 Å². The molecule has 0 amide bonds. The molecule has 4 nitrogen and oxygen atoms in total. The minimum atomic E-state index is -0.488. The Kier molecular flexibility index (Phi) is 4.07. The summed E-state index contributed by atoms with van der Waals surface area (Å²) >= 11 is 0. The molecule has 1 unspecified atom stereocenters. The molecular formula is C14H25N3O. The molecular weight excluding hydrogens is 226 g/mol. The average Bonchev–Trinajstić information content (AvgIpc) is 2.87. The lowest BCUT2D eigenvalue weighted by molar-refractivity contribution is -0.0129. The zero-order chi connectivity index (χ0) is 13.2. The molecule has 1 aliphatic rings. The molecule has 0 bridgehead atoms. The largest absolute Gasteiger partial charge is 0.386 e. The number of nitrogens with zero attached hydrogens (tertiary/aromatic N) is 2. The fourth-order valence-corrected chi connectivity index (χ4v) is 3.06. The van der Waals surface area contributed by atoms with Gasteiger partial charge in [-0.2, -0.15) is 0 Å². The number of aryl methyl sites for hydroxylation is 1. The fourth-order valence-electron chi connectivity index (χ4n) is 3.06. The van der Waals surface area contributed by atoms with Crippen LogP contribution in [-0.4, -0.2) is 21.2 Å². The van der Waals surface area contributed by atoms with Crippen LogP contribution in [0.15, 0.2) is 12.5 Å². The Morgan fingerprint density at radius 2 is 2.22 bits per heavy atom. The van der Waals surface area contributed by atoms with E-state index < -0.39 is 6.10 Å². The molecule has 3 N–H and O–H groups in total. The quantitative estimate of drug-likeness (QED) is 0.861. The number of aliphatic hydroxyl groups is 1. The van der Waals surface area contributed by atoms with E-state index in [1.807, 2.05) is 4.57 Å². The van der Waals surface area contributed by atoms with Gasteiger partial charge < -0.3 is 15.4 Å². The van der Waals surface area contributed by atoms with E-state index in [0.29, 0.717) is 6.54 Å². The number of imidazole rings is 1. The second kappa shape index (κ2) is 5.41. The van der Waals surface area contributed by atoms with Gasteiger partial charge in [-0.1, -0.05) is 19.8 Å². The second-order valence-electron chi connectivity index (χ2n) is 5.76. The van der Waals surface area contributed by atoms with Crippen molar-refractivity contribution >= 4 is 0 Å². The van der Waals surface area contributed by atoms with Crippen LogP contribution in [0.5, 0.6) is 0 Å². The van der Waals surface area contributed by atoms with Crippen molar-refractivity contribution in [3.05, 3.63) is 18.2 Å². The van der Waals surface area contributed by atoms with Gasteiger partial charge in [0.1, 0.15) is 6.10 Å². The highest BCUT2D eigenvalue weighted by molar-refractivity contribution is 5.09. The summed E-state index contributed by atoms with van der Waals surface area (Å²) in [5.41, 5.74) is 6.75. The maximum atomic E-state index is 10.7. The summed E-state index contributed by atoms with van der Waals surface area (Å²) in [7, 11) is 0. The Morgan fingerprint density at radius 1 is 1.56 bits per heavy atom. The van der Waals surface area contributed by atoms with Gasteiger partial charge in [0.15, 0.2) is 0 Å². The lowest BCUT2D eigenvalue weighted by atomic mass is 9.67. The van der Waals surface area contributed by atoms with Gasteiger partial charge in [0.05, 0.1) is 18.2 Å². The van der Waals surface area contributed by atoms with Gasteiger partial charge in [0.2, 0.25) is 0 Å². The molecule has 102 valence electrons. The molecule has 0 radical (unpaired) electrons. The van der Waals surface area contributed by atoms with E-state index in [2.05, 4.69) is 18.8 Å². The standard InChI is InChI=1S/C14H25N3O/c1-3-17-10-16-8-12(17)13(18)14(9-15)6-4-11(2)5-7-14/h8,10-11,13,18H,3-7,9,15H2,1-2H3. The first-order valence-electron chi connectivity index (χ1n) is 7.01. The van der Waals surface area contributed by atoms with Crippen LogP contribution >= 0.6 is 0 Å². The van der Waals surface area contributed by atoms with Crippen LogP contribution < -0.4 is 5.73 Å². The first-order chi connectivity index (χ1) is 8.63. The van der Waals surface area contributed by atoms with Gasteiger partial charge >= 0.3 is 0 Å². The van der Waals surface area contributed by atoms with Crippen molar-refractivity contribution in [3.8, 4) is 0 Å². The Morgan fingerprint density at radius 3 is 2.78 bits per heavy atom. The molecule has 2 rings (SSSR count). The summed E-state index contributed by atoms with van der Waals surface area (Å²) < 4.78 is 2.01. The van der Waals surface area contributed by atoms with Crippen molar-refractivity contribution in [2.24, 2.45) is 17.1 Å². The molecule has 1 fully saturated rings. The van der Waals surface area contributed by atoms with E-state index in [1.165, 1.54) is 0 Å². The minimum Gasteiger partial charge on any atom is -0.386 e. The maximum absolute atomic E-state index is 10.7. The Balaban J connectivity index is 2.22. The van der Waals surface area contributed by atoms with Gasteiger partial charge in [-0.3, -0.25) is 0 Å². The highest BCUT2D eigenvalue weighted by Crippen LogP contribution is 2.46. The molecule has 1 aromatic heterocycles. The highest BCUT2D eigenvalue weighted by atomic mass is 16.3. The van der Waals surface area contributed by atoms with Crippen molar-refractivity contribution in [1.82, 2.24) is 9.55 Å². The third-order valence-corrected chi connectivity index (χ3v) is 4.62. The van der Waals surface area contributed by atoms with Crippen LogP contribution in [0, 0.1) is 11.3 Å². The molecule has 18 heavy (non-hydrogen) atoms. The van der Waals surface area contributed by atoms with E-state index in [-0.39, 0.29) is 5.41 Å². The Hall–Kier alpha value is -0.870. The van der Waals surface area contributed by atoms with E-state index in [1.54, 1.807) is 12.5 Å². The molecule has 1 aromatic rings. The lowest BCUT2D eigenvalue weighted by Crippen LogP contribution is -2.40. The summed E-state index contributed by atoms with van der Waals surface area (Å²) in [5, 5.41) is 10.7. The first-order valence-corrected chi connectivity index (χ1v) is 7.01. The summed E-state index contributed by atoms with van der Waals surface area (Å²) in [5.74, 6) is 0.757. The van der Waals surface area contributed by atoms with Crippen molar-refractivity contribution in [3.63, 3.8) is 0 Å². The zero-order valence-corrected chi connectivity index (χ0v) is 11.5. The molecule has 1 atom stereocenters. The van der Waals surface area contributed by atoms with Crippen molar-refractivity contribution < 1.29 is 5.11 Å². The molecule has 1 aliphatic carbocycles. The van der Waals surface area contributed by atoms with Gasteiger partial charge in [-0.25, -0.2) is 4.98 Å². The summed E-state index contributed by atoms with van der Waals surface area (Å²) in [4.78, 5) is 4.15. The van der Waals surface area contributed by atoms with E-state index in [9.17, 15) is 5.11 Å². The third kappa shape index (κ3) is 2.31. The molecule has 1 heterocycles. The van der Waals surface area contributed by atoms with E-state index in [0.717, 1.165) is 43.8 Å². The van der Waals surface area contributed by atoms with Gasteiger partial charge in [0, 0.05) is 18.5 Å². The van der Waals surface area contributed by atoms with Crippen molar-refractivity contribution in [1.29, 1.82) is 0 Å². The Bertz CT molecular complexity index is 380. The predicted octanol–water partition coefficient (Wildman–Crippen LogP) is 2.09. The molecule has 0 spiro atoms. The number of aliphatic hydroxyl groups excluding tert-OH is 1. The first kappa shape index (κ1) is 13.6. The smallest absolute Gasteiger partial charge is 0.102 e. The number of hydrogen-bond donors (Lipinski definition) is 2.